The third-order valence-corrected chi connectivity index (χ3v) is 4.81. The molecule has 1 N–H and O–H groups in total. The first-order valence-electron chi connectivity index (χ1n) is 8.23. The van der Waals surface area contributed by atoms with Crippen LogP contribution in [-0.2, 0) is 36.6 Å². The highest BCUT2D eigenvalue weighted by molar-refractivity contribution is 7.15. The lowest BCUT2D eigenvalue weighted by atomic mass is 10.4. The lowest BCUT2D eigenvalue weighted by molar-refractivity contribution is -0.116. The summed E-state index contributed by atoms with van der Waals surface area (Å²) in [5, 5.41) is 11.7. The molecule has 0 aliphatic heterocycles. The van der Waals surface area contributed by atoms with Crippen molar-refractivity contribution in [2.45, 2.75) is 19.9 Å². The number of rotatable bonds is 7. The third-order valence-electron chi connectivity index (χ3n) is 3.91. The minimum absolute atomic E-state index is 0.141. The number of amides is 1. The molecule has 0 spiro atoms. The molecule has 0 saturated heterocycles. The Hall–Kier alpha value is -2.86. The van der Waals surface area contributed by atoms with Crippen molar-refractivity contribution in [1.82, 2.24) is 28.9 Å². The molecule has 3 rings (SSSR count). The topological polar surface area (TPSA) is 126 Å². The summed E-state index contributed by atoms with van der Waals surface area (Å²) in [7, 11) is 2.90. The van der Waals surface area contributed by atoms with Crippen LogP contribution in [-0.4, -0.2) is 48.0 Å². The fraction of sp³-hybridized carbons (Fsp3) is 0.467. The third kappa shape index (κ3) is 3.80. The van der Waals surface area contributed by atoms with E-state index in [2.05, 4.69) is 20.5 Å². The van der Waals surface area contributed by atoms with Crippen LogP contribution in [0.5, 0.6) is 0 Å². The zero-order chi connectivity index (χ0) is 19.6. The smallest absolute Gasteiger partial charge is 0.332 e. The standard InChI is InChI=1S/C15H19N7O4S/c1-4-26-6-5-10-18-19-14(27-10)17-9(23)7-22-8-16-12-11(22)13(24)21(3)15(25)20(12)2/h8H,4-7H2,1-3H3,(H,17,19,23). The summed E-state index contributed by atoms with van der Waals surface area (Å²) in [6.07, 6.45) is 1.98. The molecule has 3 aromatic rings. The van der Waals surface area contributed by atoms with E-state index in [1.807, 2.05) is 6.92 Å². The van der Waals surface area contributed by atoms with Gasteiger partial charge >= 0.3 is 5.69 Å². The van der Waals surface area contributed by atoms with Crippen LogP contribution in [0.1, 0.15) is 11.9 Å². The van der Waals surface area contributed by atoms with Crippen molar-refractivity contribution < 1.29 is 9.53 Å². The first kappa shape index (κ1) is 18.9. The van der Waals surface area contributed by atoms with E-state index >= 15 is 0 Å². The van der Waals surface area contributed by atoms with Gasteiger partial charge in [-0.15, -0.1) is 10.2 Å². The predicted octanol–water partition coefficient (Wildman–Crippen LogP) is -0.497. The number of carbonyl (C=O) groups excluding carboxylic acids is 1. The molecule has 27 heavy (non-hydrogen) atoms. The summed E-state index contributed by atoms with van der Waals surface area (Å²) in [4.78, 5) is 40.7. The van der Waals surface area contributed by atoms with Crippen LogP contribution in [0.3, 0.4) is 0 Å². The number of carbonyl (C=O) groups is 1. The fourth-order valence-electron chi connectivity index (χ4n) is 2.54. The van der Waals surface area contributed by atoms with Gasteiger partial charge in [0.05, 0.1) is 12.9 Å². The molecule has 3 heterocycles. The van der Waals surface area contributed by atoms with Gasteiger partial charge in [-0.25, -0.2) is 9.78 Å². The van der Waals surface area contributed by atoms with Crippen LogP contribution in [0.25, 0.3) is 11.2 Å². The van der Waals surface area contributed by atoms with Crippen LogP contribution in [0, 0.1) is 0 Å². The summed E-state index contributed by atoms with van der Waals surface area (Å²) >= 11 is 1.27. The highest BCUT2D eigenvalue weighted by Gasteiger charge is 2.16. The van der Waals surface area contributed by atoms with Crippen LogP contribution < -0.4 is 16.6 Å². The molecule has 1 amide bonds. The van der Waals surface area contributed by atoms with Crippen LogP contribution >= 0.6 is 11.3 Å². The first-order valence-corrected chi connectivity index (χ1v) is 9.04. The summed E-state index contributed by atoms with van der Waals surface area (Å²) in [6.45, 7) is 2.95. The Bertz CT molecular complexity index is 1090. The Balaban J connectivity index is 1.75. The Morgan fingerprint density at radius 1 is 1.26 bits per heavy atom. The average molecular weight is 393 g/mol. The molecule has 11 nitrogen and oxygen atoms in total. The molecular formula is C15H19N7O4S. The molecule has 0 radical (unpaired) electrons. The van der Waals surface area contributed by atoms with Crippen molar-refractivity contribution in [3.8, 4) is 0 Å². The summed E-state index contributed by atoms with van der Waals surface area (Å²) in [5.74, 6) is -0.377. The number of anilines is 1. The molecule has 3 aromatic heterocycles. The van der Waals surface area contributed by atoms with Gasteiger partial charge in [0.1, 0.15) is 11.6 Å². The molecule has 0 bridgehead atoms. The normalized spacial score (nSPS) is 11.2. The molecule has 0 saturated carbocycles. The van der Waals surface area contributed by atoms with E-state index in [0.717, 1.165) is 9.57 Å². The van der Waals surface area contributed by atoms with Gasteiger partial charge in [0.25, 0.3) is 5.56 Å². The molecule has 0 aliphatic carbocycles. The summed E-state index contributed by atoms with van der Waals surface area (Å²) in [5.41, 5.74) is -0.572. The molecule has 0 unspecified atom stereocenters. The number of aromatic nitrogens is 6. The highest BCUT2D eigenvalue weighted by Crippen LogP contribution is 2.16. The Morgan fingerprint density at radius 2 is 2.04 bits per heavy atom. The SMILES string of the molecule is CCOCCc1nnc(NC(=O)Cn2cnc3c2c(=O)n(C)c(=O)n3C)s1. The monoisotopic (exact) mass is 393 g/mol. The zero-order valence-electron chi connectivity index (χ0n) is 15.1. The average Bonchev–Trinajstić information content (AvgIpc) is 3.25. The van der Waals surface area contributed by atoms with Crippen LogP contribution in [0.15, 0.2) is 15.9 Å². The quantitative estimate of drug-likeness (QED) is 0.536. The maximum Gasteiger partial charge on any atom is 0.332 e. The van der Waals surface area contributed by atoms with E-state index in [9.17, 15) is 14.4 Å². The largest absolute Gasteiger partial charge is 0.381 e. The number of nitrogens with zero attached hydrogens (tertiary/aromatic N) is 6. The number of aryl methyl sites for hydroxylation is 1. The number of ether oxygens (including phenoxy) is 1. The van der Waals surface area contributed by atoms with Crippen LogP contribution in [0.2, 0.25) is 0 Å². The first-order chi connectivity index (χ1) is 12.9. The van der Waals surface area contributed by atoms with E-state index in [1.54, 1.807) is 0 Å². The van der Waals surface area contributed by atoms with Gasteiger partial charge in [0, 0.05) is 27.1 Å². The summed E-state index contributed by atoms with van der Waals surface area (Å²) < 4.78 is 8.91. The second kappa shape index (κ2) is 7.80. The molecule has 12 heteroatoms. The second-order valence-electron chi connectivity index (χ2n) is 5.75. The lowest BCUT2D eigenvalue weighted by Gasteiger charge is -2.06. The van der Waals surface area contributed by atoms with Crippen molar-refractivity contribution in [2.75, 3.05) is 18.5 Å². The van der Waals surface area contributed by atoms with Crippen molar-refractivity contribution in [3.63, 3.8) is 0 Å². The molecule has 0 atom stereocenters. The minimum atomic E-state index is -0.507. The number of imidazole rings is 1. The van der Waals surface area contributed by atoms with Crippen molar-refractivity contribution in [3.05, 3.63) is 32.2 Å². The Morgan fingerprint density at radius 3 is 2.78 bits per heavy atom. The number of hydrogen-bond acceptors (Lipinski definition) is 8. The van der Waals surface area contributed by atoms with Crippen molar-refractivity contribution in [1.29, 1.82) is 0 Å². The summed E-state index contributed by atoms with van der Waals surface area (Å²) in [6, 6.07) is 0. The van der Waals surface area contributed by atoms with E-state index in [1.165, 1.54) is 40.9 Å². The van der Waals surface area contributed by atoms with Crippen molar-refractivity contribution >= 4 is 33.5 Å². The van der Waals surface area contributed by atoms with Crippen molar-refractivity contribution in [2.24, 2.45) is 14.1 Å². The van der Waals surface area contributed by atoms with Gasteiger partial charge in [-0.05, 0) is 6.92 Å². The fourth-order valence-corrected chi connectivity index (χ4v) is 3.28. The molecule has 0 aliphatic rings. The lowest BCUT2D eigenvalue weighted by Crippen LogP contribution is -2.37. The predicted molar refractivity (Wildman–Crippen MR) is 99.0 cm³/mol. The molecular weight excluding hydrogens is 374 g/mol. The number of fused-ring (bicyclic) bond motifs is 1. The van der Waals surface area contributed by atoms with Gasteiger partial charge in [-0.3, -0.25) is 24.0 Å². The van der Waals surface area contributed by atoms with E-state index in [0.29, 0.717) is 24.8 Å². The second-order valence-corrected chi connectivity index (χ2v) is 6.81. The van der Waals surface area contributed by atoms with Gasteiger partial charge < -0.3 is 9.30 Å². The highest BCUT2D eigenvalue weighted by atomic mass is 32.1. The molecule has 144 valence electrons. The minimum Gasteiger partial charge on any atom is -0.381 e. The van der Waals surface area contributed by atoms with E-state index in [-0.39, 0.29) is 23.6 Å². The van der Waals surface area contributed by atoms with Crippen LogP contribution in [0.4, 0.5) is 5.13 Å². The van der Waals surface area contributed by atoms with E-state index in [4.69, 9.17) is 4.74 Å². The van der Waals surface area contributed by atoms with E-state index < -0.39 is 11.2 Å². The van der Waals surface area contributed by atoms with Gasteiger partial charge in [-0.2, -0.15) is 0 Å². The maximum absolute atomic E-state index is 12.4. The zero-order valence-corrected chi connectivity index (χ0v) is 15.9. The number of hydrogen-bond donors (Lipinski definition) is 1. The number of nitrogens with one attached hydrogen (secondary N) is 1. The molecule has 0 fully saturated rings. The van der Waals surface area contributed by atoms with Gasteiger partial charge in [0.2, 0.25) is 11.0 Å². The van der Waals surface area contributed by atoms with Gasteiger partial charge in [0.15, 0.2) is 11.2 Å². The van der Waals surface area contributed by atoms with Gasteiger partial charge in [-0.1, -0.05) is 11.3 Å². The Kier molecular flexibility index (Phi) is 5.46. The molecule has 0 aromatic carbocycles. The maximum atomic E-state index is 12.4. The Labute approximate surface area is 157 Å².